The number of ether oxygens (including phenoxy) is 1. The number of rotatable bonds is 5. The van der Waals surface area contributed by atoms with Crippen LogP contribution in [-0.2, 0) is 4.79 Å². The summed E-state index contributed by atoms with van der Waals surface area (Å²) in [4.78, 5) is 12.1. The number of nitrogens with one attached hydrogen (secondary N) is 1. The lowest BCUT2D eigenvalue weighted by Crippen LogP contribution is -2.30. The standard InChI is InChI=1S/C18H20INO2/c1-12(2)14-4-10-17(11-5-14)22-13(3)18(21)20-16-8-6-15(19)7-9-16/h4-13H,1-3H3,(H,20,21). The van der Waals surface area contributed by atoms with Gasteiger partial charge in [-0.3, -0.25) is 4.79 Å². The van der Waals surface area contributed by atoms with Crippen LogP contribution < -0.4 is 10.1 Å². The van der Waals surface area contributed by atoms with E-state index in [0.29, 0.717) is 11.7 Å². The van der Waals surface area contributed by atoms with E-state index >= 15 is 0 Å². The molecular weight excluding hydrogens is 389 g/mol. The Hall–Kier alpha value is -1.56. The molecule has 4 heteroatoms. The van der Waals surface area contributed by atoms with Gasteiger partial charge in [-0.25, -0.2) is 0 Å². The van der Waals surface area contributed by atoms with E-state index in [1.165, 1.54) is 5.56 Å². The van der Waals surface area contributed by atoms with Crippen molar-refractivity contribution in [1.82, 2.24) is 0 Å². The topological polar surface area (TPSA) is 38.3 Å². The van der Waals surface area contributed by atoms with Gasteiger partial charge in [-0.2, -0.15) is 0 Å². The van der Waals surface area contributed by atoms with Crippen LogP contribution in [0.25, 0.3) is 0 Å². The second-order valence-electron chi connectivity index (χ2n) is 5.48. The SMILES string of the molecule is CC(Oc1ccc(C(C)C)cc1)C(=O)Nc1ccc(I)cc1. The molecule has 0 aliphatic rings. The summed E-state index contributed by atoms with van der Waals surface area (Å²) < 4.78 is 6.82. The minimum absolute atomic E-state index is 0.158. The molecule has 3 nitrogen and oxygen atoms in total. The van der Waals surface area contributed by atoms with E-state index in [-0.39, 0.29) is 5.91 Å². The van der Waals surface area contributed by atoms with Crippen LogP contribution in [0.5, 0.6) is 5.75 Å². The van der Waals surface area contributed by atoms with E-state index in [1.54, 1.807) is 6.92 Å². The minimum atomic E-state index is -0.552. The molecule has 1 unspecified atom stereocenters. The first kappa shape index (κ1) is 16.8. The molecule has 1 N–H and O–H groups in total. The highest BCUT2D eigenvalue weighted by atomic mass is 127. The highest BCUT2D eigenvalue weighted by molar-refractivity contribution is 14.1. The van der Waals surface area contributed by atoms with Crippen molar-refractivity contribution in [3.05, 3.63) is 57.7 Å². The number of benzene rings is 2. The molecule has 0 saturated heterocycles. The first-order valence-corrected chi connectivity index (χ1v) is 8.36. The highest BCUT2D eigenvalue weighted by Gasteiger charge is 2.15. The van der Waals surface area contributed by atoms with Crippen LogP contribution in [0.1, 0.15) is 32.3 Å². The molecule has 22 heavy (non-hydrogen) atoms. The van der Waals surface area contributed by atoms with E-state index in [1.807, 2.05) is 48.5 Å². The number of amides is 1. The van der Waals surface area contributed by atoms with Gasteiger partial charge in [-0.05, 0) is 77.4 Å². The smallest absolute Gasteiger partial charge is 0.265 e. The van der Waals surface area contributed by atoms with Gasteiger partial charge >= 0.3 is 0 Å². The fourth-order valence-corrected chi connectivity index (χ4v) is 2.33. The molecule has 0 bridgehead atoms. The normalized spacial score (nSPS) is 12.0. The summed E-state index contributed by atoms with van der Waals surface area (Å²) in [6, 6.07) is 15.5. The maximum absolute atomic E-state index is 12.1. The van der Waals surface area contributed by atoms with Gasteiger partial charge < -0.3 is 10.1 Å². The van der Waals surface area contributed by atoms with Crippen molar-refractivity contribution in [2.45, 2.75) is 32.8 Å². The largest absolute Gasteiger partial charge is 0.481 e. The van der Waals surface area contributed by atoms with Gasteiger partial charge in [0.25, 0.3) is 5.91 Å². The summed E-state index contributed by atoms with van der Waals surface area (Å²) in [5.74, 6) is 1.03. The van der Waals surface area contributed by atoms with Crippen molar-refractivity contribution in [3.8, 4) is 5.75 Å². The van der Waals surface area contributed by atoms with Crippen LogP contribution in [0.4, 0.5) is 5.69 Å². The summed E-state index contributed by atoms with van der Waals surface area (Å²) in [5.41, 5.74) is 2.03. The second-order valence-corrected chi connectivity index (χ2v) is 6.73. The Labute approximate surface area is 145 Å². The van der Waals surface area contributed by atoms with Gasteiger partial charge in [0.2, 0.25) is 0 Å². The maximum atomic E-state index is 12.1. The number of halogens is 1. The molecule has 116 valence electrons. The predicted octanol–water partition coefficient (Wildman–Crippen LogP) is 4.82. The van der Waals surface area contributed by atoms with Gasteiger partial charge in [0.1, 0.15) is 5.75 Å². The van der Waals surface area contributed by atoms with Gasteiger partial charge in [-0.1, -0.05) is 26.0 Å². The molecule has 2 rings (SSSR count). The van der Waals surface area contributed by atoms with E-state index in [9.17, 15) is 4.79 Å². The Balaban J connectivity index is 1.94. The quantitative estimate of drug-likeness (QED) is 0.720. The maximum Gasteiger partial charge on any atom is 0.265 e. The average Bonchev–Trinajstić information content (AvgIpc) is 2.50. The third-order valence-electron chi connectivity index (χ3n) is 3.34. The van der Waals surface area contributed by atoms with Crippen molar-refractivity contribution in [2.75, 3.05) is 5.32 Å². The minimum Gasteiger partial charge on any atom is -0.481 e. The predicted molar refractivity (Wildman–Crippen MR) is 98.4 cm³/mol. The lowest BCUT2D eigenvalue weighted by molar-refractivity contribution is -0.122. The highest BCUT2D eigenvalue weighted by Crippen LogP contribution is 2.20. The Morgan fingerprint density at radius 2 is 1.59 bits per heavy atom. The van der Waals surface area contributed by atoms with Crippen LogP contribution in [0, 0.1) is 3.57 Å². The Bertz CT molecular complexity index is 621. The third-order valence-corrected chi connectivity index (χ3v) is 4.06. The van der Waals surface area contributed by atoms with Gasteiger partial charge in [0.15, 0.2) is 6.10 Å². The number of hydrogen-bond donors (Lipinski definition) is 1. The van der Waals surface area contributed by atoms with Crippen molar-refractivity contribution < 1.29 is 9.53 Å². The number of hydrogen-bond acceptors (Lipinski definition) is 2. The summed E-state index contributed by atoms with van der Waals surface area (Å²) in [5, 5.41) is 2.85. The lowest BCUT2D eigenvalue weighted by atomic mass is 10.0. The summed E-state index contributed by atoms with van der Waals surface area (Å²) in [7, 11) is 0. The summed E-state index contributed by atoms with van der Waals surface area (Å²) >= 11 is 2.23. The zero-order valence-electron chi connectivity index (χ0n) is 13.0. The molecule has 2 aromatic carbocycles. The lowest BCUT2D eigenvalue weighted by Gasteiger charge is -2.15. The van der Waals surface area contributed by atoms with Gasteiger partial charge in [-0.15, -0.1) is 0 Å². The molecule has 0 aromatic heterocycles. The van der Waals surface area contributed by atoms with Crippen molar-refractivity contribution in [1.29, 1.82) is 0 Å². The third kappa shape index (κ3) is 4.73. The van der Waals surface area contributed by atoms with E-state index in [2.05, 4.69) is 41.8 Å². The van der Waals surface area contributed by atoms with Crippen molar-refractivity contribution in [2.24, 2.45) is 0 Å². The fraction of sp³-hybridized carbons (Fsp3) is 0.278. The average molecular weight is 409 g/mol. The van der Waals surface area contributed by atoms with E-state index in [0.717, 1.165) is 9.26 Å². The zero-order valence-corrected chi connectivity index (χ0v) is 15.1. The van der Waals surface area contributed by atoms with Gasteiger partial charge in [0, 0.05) is 9.26 Å². The number of carbonyl (C=O) groups excluding carboxylic acids is 1. The molecule has 0 aliphatic carbocycles. The molecule has 0 fully saturated rings. The molecule has 0 aliphatic heterocycles. The molecule has 0 spiro atoms. The molecule has 0 saturated carbocycles. The fourth-order valence-electron chi connectivity index (χ4n) is 1.97. The van der Waals surface area contributed by atoms with E-state index in [4.69, 9.17) is 4.74 Å². The zero-order chi connectivity index (χ0) is 16.1. The Morgan fingerprint density at radius 1 is 1.00 bits per heavy atom. The van der Waals surface area contributed by atoms with Crippen LogP contribution in [0.2, 0.25) is 0 Å². The second kappa shape index (κ2) is 7.63. The van der Waals surface area contributed by atoms with Crippen LogP contribution >= 0.6 is 22.6 Å². The molecule has 0 radical (unpaired) electrons. The molecule has 0 heterocycles. The molecule has 1 atom stereocenters. The van der Waals surface area contributed by atoms with Crippen LogP contribution in [0.15, 0.2) is 48.5 Å². The first-order chi connectivity index (χ1) is 10.5. The molecular formula is C18H20INO2. The number of carbonyl (C=O) groups is 1. The van der Waals surface area contributed by atoms with Crippen molar-refractivity contribution in [3.63, 3.8) is 0 Å². The van der Waals surface area contributed by atoms with Crippen molar-refractivity contribution >= 4 is 34.2 Å². The van der Waals surface area contributed by atoms with Crippen LogP contribution in [-0.4, -0.2) is 12.0 Å². The Morgan fingerprint density at radius 3 is 2.14 bits per heavy atom. The van der Waals surface area contributed by atoms with E-state index < -0.39 is 6.10 Å². The number of anilines is 1. The monoisotopic (exact) mass is 409 g/mol. The van der Waals surface area contributed by atoms with Crippen LogP contribution in [0.3, 0.4) is 0 Å². The molecule has 2 aromatic rings. The Kier molecular flexibility index (Phi) is 5.83. The summed E-state index contributed by atoms with van der Waals surface area (Å²) in [6.07, 6.45) is -0.552. The molecule has 1 amide bonds. The first-order valence-electron chi connectivity index (χ1n) is 7.29. The van der Waals surface area contributed by atoms with Gasteiger partial charge in [0.05, 0.1) is 0 Å². The summed E-state index contributed by atoms with van der Waals surface area (Å²) in [6.45, 7) is 6.04.